The van der Waals surface area contributed by atoms with Gasteiger partial charge in [-0.05, 0) is 55.3 Å². The van der Waals surface area contributed by atoms with Gasteiger partial charge in [0, 0.05) is 12.2 Å². The predicted molar refractivity (Wildman–Crippen MR) is 135 cm³/mol. The summed E-state index contributed by atoms with van der Waals surface area (Å²) in [7, 11) is -3.98. The molecular weight excluding hydrogens is 464 g/mol. The first-order valence-corrected chi connectivity index (χ1v) is 12.7. The highest BCUT2D eigenvalue weighted by Gasteiger charge is 2.30. The van der Waals surface area contributed by atoms with Crippen LogP contribution >= 0.6 is 0 Å². The first-order valence-electron chi connectivity index (χ1n) is 11.2. The Morgan fingerprint density at radius 3 is 2.51 bits per heavy atom. The van der Waals surface area contributed by atoms with Crippen molar-refractivity contribution in [3.8, 4) is 0 Å². The van der Waals surface area contributed by atoms with Crippen LogP contribution in [-0.4, -0.2) is 39.5 Å². The van der Waals surface area contributed by atoms with E-state index in [9.17, 15) is 18.0 Å². The third kappa shape index (κ3) is 4.97. The number of anilines is 2. The van der Waals surface area contributed by atoms with Gasteiger partial charge >= 0.3 is 5.97 Å². The molecule has 0 aromatic heterocycles. The Bertz CT molecular complexity index is 1350. The zero-order valence-electron chi connectivity index (χ0n) is 19.3. The van der Waals surface area contributed by atoms with Gasteiger partial charge in [-0.15, -0.1) is 6.58 Å². The number of hydrogen-bond donors (Lipinski definition) is 0. The van der Waals surface area contributed by atoms with Gasteiger partial charge in [0.15, 0.2) is 6.10 Å². The van der Waals surface area contributed by atoms with Gasteiger partial charge in [-0.3, -0.25) is 9.10 Å². The van der Waals surface area contributed by atoms with E-state index in [2.05, 4.69) is 6.58 Å². The van der Waals surface area contributed by atoms with Crippen molar-refractivity contribution in [3.05, 3.63) is 103 Å². The molecule has 0 saturated heterocycles. The average Bonchev–Trinajstić information content (AvgIpc) is 3.31. The van der Waals surface area contributed by atoms with Crippen molar-refractivity contribution in [1.82, 2.24) is 0 Å². The van der Waals surface area contributed by atoms with Gasteiger partial charge < -0.3 is 9.64 Å². The number of hydrogen-bond acceptors (Lipinski definition) is 5. The van der Waals surface area contributed by atoms with E-state index in [0.717, 1.165) is 17.7 Å². The molecule has 7 nitrogen and oxygen atoms in total. The highest BCUT2D eigenvalue weighted by Crippen LogP contribution is 2.28. The minimum Gasteiger partial charge on any atom is -0.449 e. The predicted octanol–water partition coefficient (Wildman–Crippen LogP) is 4.20. The van der Waals surface area contributed by atoms with Crippen LogP contribution in [0.25, 0.3) is 0 Å². The second kappa shape index (κ2) is 10.1. The van der Waals surface area contributed by atoms with E-state index >= 15 is 0 Å². The molecule has 3 aromatic rings. The Kier molecular flexibility index (Phi) is 7.02. The lowest BCUT2D eigenvalue weighted by Crippen LogP contribution is -2.39. The summed E-state index contributed by atoms with van der Waals surface area (Å²) in [6, 6.07) is 21.9. The molecule has 1 amide bonds. The van der Waals surface area contributed by atoms with Crippen LogP contribution in [-0.2, 0) is 26.0 Å². The lowest BCUT2D eigenvalue weighted by Gasteiger charge is -2.23. The fourth-order valence-electron chi connectivity index (χ4n) is 4.03. The Labute approximate surface area is 205 Å². The molecule has 35 heavy (non-hydrogen) atoms. The molecule has 0 saturated carbocycles. The Hall–Kier alpha value is -3.91. The molecule has 0 N–H and O–H groups in total. The van der Waals surface area contributed by atoms with E-state index in [1.807, 2.05) is 24.3 Å². The number of amides is 1. The number of fused-ring (bicyclic) bond motifs is 1. The normalized spacial score (nSPS) is 13.6. The highest BCUT2D eigenvalue weighted by atomic mass is 32.2. The Balaban J connectivity index is 1.53. The molecular formula is C27H26N2O5S. The lowest BCUT2D eigenvalue weighted by atomic mass is 10.2. The summed E-state index contributed by atoms with van der Waals surface area (Å²) in [5.74, 6) is -1.10. The maximum absolute atomic E-state index is 13.4. The van der Waals surface area contributed by atoms with E-state index in [4.69, 9.17) is 4.74 Å². The van der Waals surface area contributed by atoms with E-state index in [-0.39, 0.29) is 22.9 Å². The molecule has 1 aliphatic heterocycles. The fraction of sp³-hybridized carbons (Fsp3) is 0.185. The summed E-state index contributed by atoms with van der Waals surface area (Å²) < 4.78 is 33.4. The molecule has 0 radical (unpaired) electrons. The molecule has 1 unspecified atom stereocenters. The first kappa shape index (κ1) is 24.2. The minimum absolute atomic E-state index is 0.0409. The van der Waals surface area contributed by atoms with Crippen molar-refractivity contribution in [3.63, 3.8) is 0 Å². The van der Waals surface area contributed by atoms with Crippen LogP contribution in [0.15, 0.2) is 96.4 Å². The van der Waals surface area contributed by atoms with Crippen LogP contribution in [0, 0.1) is 0 Å². The standard InChI is InChI=1S/C27H26N2O5S/c1-3-17-29(23-12-5-4-6-13-23)35(32,33)24-14-9-11-22(19-24)27(31)34-20(2)26(30)28-18-16-21-10-7-8-15-25(21)28/h3-15,19-20H,1,16-18H2,2H3. The number of benzene rings is 3. The van der Waals surface area contributed by atoms with E-state index in [0.29, 0.717) is 12.2 Å². The van der Waals surface area contributed by atoms with Crippen molar-refractivity contribution in [2.75, 3.05) is 22.3 Å². The van der Waals surface area contributed by atoms with Gasteiger partial charge in [-0.2, -0.15) is 0 Å². The number of para-hydroxylation sites is 2. The van der Waals surface area contributed by atoms with E-state index in [1.165, 1.54) is 41.6 Å². The molecule has 1 aliphatic rings. The molecule has 8 heteroatoms. The molecule has 0 spiro atoms. The van der Waals surface area contributed by atoms with Gasteiger partial charge in [-0.1, -0.05) is 48.5 Å². The zero-order chi connectivity index (χ0) is 25.0. The SMILES string of the molecule is C=CCN(c1ccccc1)S(=O)(=O)c1cccc(C(=O)OC(C)C(=O)N2CCc3ccccc32)c1. The minimum atomic E-state index is -3.98. The van der Waals surface area contributed by atoms with Gasteiger partial charge in [0.1, 0.15) is 0 Å². The summed E-state index contributed by atoms with van der Waals surface area (Å²) >= 11 is 0. The fourth-order valence-corrected chi connectivity index (χ4v) is 5.51. The number of sulfonamides is 1. The molecule has 1 atom stereocenters. The van der Waals surface area contributed by atoms with E-state index < -0.39 is 22.1 Å². The summed E-state index contributed by atoms with van der Waals surface area (Å²) in [5.41, 5.74) is 2.40. The van der Waals surface area contributed by atoms with Gasteiger partial charge in [-0.25, -0.2) is 13.2 Å². The van der Waals surface area contributed by atoms with Gasteiger partial charge in [0.2, 0.25) is 0 Å². The largest absolute Gasteiger partial charge is 0.449 e. The zero-order valence-corrected chi connectivity index (χ0v) is 20.1. The van der Waals surface area contributed by atoms with Crippen LogP contribution in [0.3, 0.4) is 0 Å². The third-order valence-electron chi connectivity index (χ3n) is 5.78. The molecule has 0 aliphatic carbocycles. The maximum atomic E-state index is 13.4. The maximum Gasteiger partial charge on any atom is 0.338 e. The van der Waals surface area contributed by atoms with Crippen molar-refractivity contribution in [1.29, 1.82) is 0 Å². The van der Waals surface area contributed by atoms with Crippen LogP contribution in [0.1, 0.15) is 22.8 Å². The molecule has 180 valence electrons. The molecule has 3 aromatic carbocycles. The van der Waals surface area contributed by atoms with E-state index in [1.54, 1.807) is 35.2 Å². The quantitative estimate of drug-likeness (QED) is 0.349. The Morgan fingerprint density at radius 2 is 1.77 bits per heavy atom. The van der Waals surface area contributed by atoms with Crippen molar-refractivity contribution in [2.45, 2.75) is 24.3 Å². The molecule has 1 heterocycles. The highest BCUT2D eigenvalue weighted by molar-refractivity contribution is 7.92. The van der Waals surface area contributed by atoms with Gasteiger partial charge in [0.05, 0.1) is 22.7 Å². The third-order valence-corrected chi connectivity index (χ3v) is 7.57. The number of ether oxygens (including phenoxy) is 1. The summed E-state index contributed by atoms with van der Waals surface area (Å²) in [6.07, 6.45) is 1.20. The topological polar surface area (TPSA) is 84.0 Å². The first-order chi connectivity index (χ1) is 16.8. The van der Waals surface area contributed by atoms with Crippen LogP contribution in [0.5, 0.6) is 0 Å². The van der Waals surface area contributed by atoms with Gasteiger partial charge in [0.25, 0.3) is 15.9 Å². The molecule has 4 rings (SSSR count). The summed E-state index contributed by atoms with van der Waals surface area (Å²) in [4.78, 5) is 27.4. The van der Waals surface area contributed by atoms with Crippen LogP contribution in [0.2, 0.25) is 0 Å². The van der Waals surface area contributed by atoms with Crippen molar-refractivity contribution in [2.24, 2.45) is 0 Å². The Morgan fingerprint density at radius 1 is 1.06 bits per heavy atom. The molecule has 0 bridgehead atoms. The molecule has 0 fully saturated rings. The van der Waals surface area contributed by atoms with Crippen LogP contribution < -0.4 is 9.21 Å². The number of nitrogens with zero attached hydrogens (tertiary/aromatic N) is 2. The number of esters is 1. The smallest absolute Gasteiger partial charge is 0.338 e. The van der Waals surface area contributed by atoms with Crippen molar-refractivity contribution < 1.29 is 22.7 Å². The number of rotatable bonds is 8. The second-order valence-corrected chi connectivity index (χ2v) is 9.97. The average molecular weight is 491 g/mol. The lowest BCUT2D eigenvalue weighted by molar-refractivity contribution is -0.126. The number of carbonyl (C=O) groups excluding carboxylic acids is 2. The van der Waals surface area contributed by atoms with Crippen LogP contribution in [0.4, 0.5) is 11.4 Å². The number of carbonyl (C=O) groups is 2. The van der Waals surface area contributed by atoms with Crippen molar-refractivity contribution >= 4 is 33.3 Å². The second-order valence-electron chi connectivity index (χ2n) is 8.10. The summed E-state index contributed by atoms with van der Waals surface area (Å²) in [6.45, 7) is 5.76. The monoisotopic (exact) mass is 490 g/mol. The summed E-state index contributed by atoms with van der Waals surface area (Å²) in [5, 5.41) is 0.